The Labute approximate surface area is 97.9 Å². The molecular weight excluding hydrogens is 198 g/mol. The van der Waals surface area contributed by atoms with Crippen molar-refractivity contribution in [1.29, 1.82) is 0 Å². The standard InChI is InChI=1S/C14H21NO/c1-15(2)12-9-7-11(8-10-12)13-5-3-4-6-14(13)16/h7-10,13-14,16H,3-6H2,1-2H3/t13-,14+/m1/s1. The van der Waals surface area contributed by atoms with E-state index in [9.17, 15) is 5.11 Å². The lowest BCUT2D eigenvalue weighted by Gasteiger charge is -2.28. The van der Waals surface area contributed by atoms with Gasteiger partial charge < -0.3 is 10.0 Å². The van der Waals surface area contributed by atoms with Crippen LogP contribution in [0.15, 0.2) is 24.3 Å². The van der Waals surface area contributed by atoms with Crippen LogP contribution >= 0.6 is 0 Å². The van der Waals surface area contributed by atoms with Gasteiger partial charge in [-0.05, 0) is 30.5 Å². The maximum absolute atomic E-state index is 9.99. The number of hydrogen-bond acceptors (Lipinski definition) is 2. The molecule has 0 bridgehead atoms. The molecule has 2 atom stereocenters. The SMILES string of the molecule is CN(C)c1ccc([C@H]2CCCC[C@@H]2O)cc1. The van der Waals surface area contributed by atoms with Crippen molar-refractivity contribution < 1.29 is 5.11 Å². The van der Waals surface area contributed by atoms with Crippen LogP contribution in [-0.4, -0.2) is 25.3 Å². The van der Waals surface area contributed by atoms with Crippen molar-refractivity contribution in [2.24, 2.45) is 0 Å². The molecule has 1 saturated carbocycles. The highest BCUT2D eigenvalue weighted by atomic mass is 16.3. The Bertz CT molecular complexity index is 331. The van der Waals surface area contributed by atoms with Crippen LogP contribution in [0.4, 0.5) is 5.69 Å². The van der Waals surface area contributed by atoms with Crippen molar-refractivity contribution in [3.8, 4) is 0 Å². The second-order valence-corrected chi connectivity index (χ2v) is 4.94. The van der Waals surface area contributed by atoms with Crippen LogP contribution in [0.3, 0.4) is 0 Å². The lowest BCUT2D eigenvalue weighted by Crippen LogP contribution is -2.22. The van der Waals surface area contributed by atoms with Crippen molar-refractivity contribution in [3.63, 3.8) is 0 Å². The Balaban J connectivity index is 2.14. The summed E-state index contributed by atoms with van der Waals surface area (Å²) in [5.41, 5.74) is 2.51. The summed E-state index contributed by atoms with van der Waals surface area (Å²) in [4.78, 5) is 2.10. The monoisotopic (exact) mass is 219 g/mol. The lowest BCUT2D eigenvalue weighted by atomic mass is 9.82. The van der Waals surface area contributed by atoms with Crippen molar-refractivity contribution >= 4 is 5.69 Å². The first-order valence-corrected chi connectivity index (χ1v) is 6.14. The zero-order valence-corrected chi connectivity index (χ0v) is 10.2. The minimum absolute atomic E-state index is 0.140. The molecule has 2 heteroatoms. The van der Waals surface area contributed by atoms with E-state index in [1.54, 1.807) is 0 Å². The average Bonchev–Trinajstić information content (AvgIpc) is 2.30. The Morgan fingerprint density at radius 1 is 1.06 bits per heavy atom. The molecule has 2 rings (SSSR count). The number of benzene rings is 1. The summed E-state index contributed by atoms with van der Waals surface area (Å²) in [6, 6.07) is 8.59. The fourth-order valence-electron chi connectivity index (χ4n) is 2.52. The van der Waals surface area contributed by atoms with E-state index in [4.69, 9.17) is 0 Å². The van der Waals surface area contributed by atoms with Crippen molar-refractivity contribution in [3.05, 3.63) is 29.8 Å². The van der Waals surface area contributed by atoms with Crippen LogP contribution in [0.5, 0.6) is 0 Å². The van der Waals surface area contributed by atoms with Gasteiger partial charge in [-0.25, -0.2) is 0 Å². The third-order valence-corrected chi connectivity index (χ3v) is 3.57. The maximum atomic E-state index is 9.99. The second kappa shape index (κ2) is 4.88. The van der Waals surface area contributed by atoms with Crippen molar-refractivity contribution in [2.45, 2.75) is 37.7 Å². The predicted molar refractivity (Wildman–Crippen MR) is 68.0 cm³/mol. The highest BCUT2D eigenvalue weighted by Gasteiger charge is 2.24. The Kier molecular flexibility index (Phi) is 3.49. The molecule has 0 spiro atoms. The molecular formula is C14H21NO. The van der Waals surface area contributed by atoms with Gasteiger partial charge in [-0.1, -0.05) is 25.0 Å². The number of anilines is 1. The highest BCUT2D eigenvalue weighted by molar-refractivity contribution is 5.46. The molecule has 1 N–H and O–H groups in total. The molecule has 0 saturated heterocycles. The van der Waals surface area contributed by atoms with Crippen LogP contribution in [0.25, 0.3) is 0 Å². The summed E-state index contributed by atoms with van der Waals surface area (Å²) < 4.78 is 0. The molecule has 0 amide bonds. The zero-order valence-electron chi connectivity index (χ0n) is 10.2. The molecule has 16 heavy (non-hydrogen) atoms. The molecule has 1 aromatic rings. The van der Waals surface area contributed by atoms with Crippen LogP contribution in [0.2, 0.25) is 0 Å². The van der Waals surface area contributed by atoms with E-state index in [-0.39, 0.29) is 6.10 Å². The largest absolute Gasteiger partial charge is 0.392 e. The summed E-state index contributed by atoms with van der Waals surface area (Å²) in [6.45, 7) is 0. The summed E-state index contributed by atoms with van der Waals surface area (Å²) >= 11 is 0. The maximum Gasteiger partial charge on any atom is 0.0608 e. The average molecular weight is 219 g/mol. The molecule has 1 aliphatic carbocycles. The van der Waals surface area contributed by atoms with E-state index in [0.717, 1.165) is 12.8 Å². The summed E-state index contributed by atoms with van der Waals surface area (Å²) in [7, 11) is 4.09. The number of hydrogen-bond donors (Lipinski definition) is 1. The molecule has 1 aliphatic rings. The summed E-state index contributed by atoms with van der Waals surface area (Å²) in [6.07, 6.45) is 4.37. The van der Waals surface area contributed by atoms with E-state index in [0.29, 0.717) is 5.92 Å². The first-order valence-electron chi connectivity index (χ1n) is 6.14. The molecule has 0 aromatic heterocycles. The van der Waals surface area contributed by atoms with Gasteiger partial charge in [-0.3, -0.25) is 0 Å². The van der Waals surface area contributed by atoms with Crippen LogP contribution in [-0.2, 0) is 0 Å². The molecule has 0 heterocycles. The summed E-state index contributed by atoms with van der Waals surface area (Å²) in [5.74, 6) is 0.352. The predicted octanol–water partition coefficient (Wildman–Crippen LogP) is 2.77. The molecule has 88 valence electrons. The van der Waals surface area contributed by atoms with E-state index < -0.39 is 0 Å². The van der Waals surface area contributed by atoms with Crippen LogP contribution in [0, 0.1) is 0 Å². The summed E-state index contributed by atoms with van der Waals surface area (Å²) in [5, 5.41) is 9.99. The van der Waals surface area contributed by atoms with Crippen molar-refractivity contribution in [1.82, 2.24) is 0 Å². The van der Waals surface area contributed by atoms with E-state index >= 15 is 0 Å². The van der Waals surface area contributed by atoms with E-state index in [1.807, 2.05) is 14.1 Å². The number of aliphatic hydroxyl groups excluding tert-OH is 1. The Morgan fingerprint density at radius 3 is 2.25 bits per heavy atom. The third-order valence-electron chi connectivity index (χ3n) is 3.57. The normalized spacial score (nSPS) is 25.4. The first kappa shape index (κ1) is 11.5. The lowest BCUT2D eigenvalue weighted by molar-refractivity contribution is 0.106. The zero-order chi connectivity index (χ0) is 11.5. The van der Waals surface area contributed by atoms with Gasteiger partial charge in [0.1, 0.15) is 0 Å². The Hall–Kier alpha value is -1.02. The van der Waals surface area contributed by atoms with Gasteiger partial charge in [-0.2, -0.15) is 0 Å². The molecule has 0 aliphatic heterocycles. The van der Waals surface area contributed by atoms with Crippen LogP contribution in [0.1, 0.15) is 37.2 Å². The topological polar surface area (TPSA) is 23.5 Å². The quantitative estimate of drug-likeness (QED) is 0.826. The number of rotatable bonds is 2. The van der Waals surface area contributed by atoms with Gasteiger partial charge in [0, 0.05) is 25.7 Å². The minimum atomic E-state index is -0.140. The van der Waals surface area contributed by atoms with E-state index in [1.165, 1.54) is 24.1 Å². The van der Waals surface area contributed by atoms with Gasteiger partial charge in [0.15, 0.2) is 0 Å². The molecule has 1 fully saturated rings. The van der Waals surface area contributed by atoms with E-state index in [2.05, 4.69) is 29.2 Å². The fourth-order valence-corrected chi connectivity index (χ4v) is 2.52. The molecule has 0 radical (unpaired) electrons. The second-order valence-electron chi connectivity index (χ2n) is 4.94. The minimum Gasteiger partial charge on any atom is -0.392 e. The van der Waals surface area contributed by atoms with Gasteiger partial charge in [0.05, 0.1) is 6.10 Å². The third kappa shape index (κ3) is 2.38. The van der Waals surface area contributed by atoms with Crippen molar-refractivity contribution in [2.75, 3.05) is 19.0 Å². The Morgan fingerprint density at radius 2 is 1.69 bits per heavy atom. The molecule has 2 nitrogen and oxygen atoms in total. The van der Waals surface area contributed by atoms with Gasteiger partial charge in [0.25, 0.3) is 0 Å². The fraction of sp³-hybridized carbons (Fsp3) is 0.571. The first-order chi connectivity index (χ1) is 7.68. The number of nitrogens with zero attached hydrogens (tertiary/aromatic N) is 1. The van der Waals surface area contributed by atoms with Gasteiger partial charge in [0.2, 0.25) is 0 Å². The van der Waals surface area contributed by atoms with Gasteiger partial charge in [-0.15, -0.1) is 0 Å². The highest BCUT2D eigenvalue weighted by Crippen LogP contribution is 2.33. The number of aliphatic hydroxyl groups is 1. The van der Waals surface area contributed by atoms with Gasteiger partial charge >= 0.3 is 0 Å². The smallest absolute Gasteiger partial charge is 0.0608 e. The van der Waals surface area contributed by atoms with Crippen LogP contribution < -0.4 is 4.90 Å². The molecule has 1 aromatic carbocycles. The molecule has 0 unspecified atom stereocenters.